The van der Waals surface area contributed by atoms with Crippen LogP contribution in [0.15, 0.2) is 48.5 Å². The van der Waals surface area contributed by atoms with Crippen LogP contribution in [-0.2, 0) is 4.79 Å². The lowest BCUT2D eigenvalue weighted by atomic mass is 10.0. The molecule has 0 aromatic heterocycles. The van der Waals surface area contributed by atoms with E-state index in [1.54, 1.807) is 45.0 Å². The Morgan fingerprint density at radius 1 is 1.07 bits per heavy atom. The summed E-state index contributed by atoms with van der Waals surface area (Å²) in [6.07, 6.45) is -0.796. The molecule has 1 unspecified atom stereocenters. The van der Waals surface area contributed by atoms with Crippen LogP contribution >= 0.6 is 0 Å². The highest BCUT2D eigenvalue weighted by atomic mass is 19.1. The van der Waals surface area contributed by atoms with E-state index in [2.05, 4.69) is 0 Å². The van der Waals surface area contributed by atoms with Crippen molar-refractivity contribution in [3.63, 3.8) is 0 Å². The first-order chi connectivity index (χ1) is 14.2. The highest BCUT2D eigenvalue weighted by molar-refractivity contribution is 5.85. The van der Waals surface area contributed by atoms with Gasteiger partial charge in [0.05, 0.1) is 17.7 Å². The maximum Gasteiger partial charge on any atom is 0.416 e. The number of halogens is 1. The molecule has 2 rings (SSSR count). The van der Waals surface area contributed by atoms with Gasteiger partial charge in [-0.25, -0.2) is 9.18 Å². The number of nitrogens with two attached hydrogens (primary N) is 1. The fourth-order valence-electron chi connectivity index (χ4n) is 2.93. The normalized spacial score (nSPS) is 12.5. The first kappa shape index (κ1) is 22.7. The summed E-state index contributed by atoms with van der Waals surface area (Å²) in [7, 11) is 0. The van der Waals surface area contributed by atoms with Gasteiger partial charge in [-0.15, -0.1) is 0 Å². The minimum absolute atomic E-state index is 0.0565. The Morgan fingerprint density at radius 2 is 1.63 bits per heavy atom. The lowest BCUT2D eigenvalue weighted by Gasteiger charge is -2.35. The molecule has 0 heterocycles. The SMILES string of the molecule is CC(C)[C@@H](C(N)=O)N(C(=O)Oc1ccc(F)cc1)C(C)COc1ccc(C#N)cc1. The quantitative estimate of drug-likeness (QED) is 0.713. The van der Waals surface area contributed by atoms with Gasteiger partial charge in [-0.05, 0) is 61.4 Å². The fourth-order valence-corrected chi connectivity index (χ4v) is 2.93. The van der Waals surface area contributed by atoms with E-state index in [0.717, 1.165) is 0 Å². The Balaban J connectivity index is 2.20. The second-order valence-electron chi connectivity index (χ2n) is 7.12. The van der Waals surface area contributed by atoms with E-state index in [1.807, 2.05) is 6.07 Å². The minimum Gasteiger partial charge on any atom is -0.491 e. The largest absolute Gasteiger partial charge is 0.491 e. The summed E-state index contributed by atoms with van der Waals surface area (Å²) < 4.78 is 24.2. The Labute approximate surface area is 174 Å². The van der Waals surface area contributed by atoms with Gasteiger partial charge in [-0.3, -0.25) is 9.69 Å². The van der Waals surface area contributed by atoms with Crippen molar-refractivity contribution in [3.05, 3.63) is 59.9 Å². The molecule has 0 fully saturated rings. The Morgan fingerprint density at radius 3 is 2.13 bits per heavy atom. The number of primary amides is 1. The Bertz CT molecular complexity index is 907. The van der Waals surface area contributed by atoms with E-state index < -0.39 is 29.9 Å². The van der Waals surface area contributed by atoms with E-state index in [9.17, 15) is 14.0 Å². The van der Waals surface area contributed by atoms with Crippen molar-refractivity contribution >= 4 is 12.0 Å². The number of nitrogens with zero attached hydrogens (tertiary/aromatic N) is 2. The zero-order chi connectivity index (χ0) is 22.3. The smallest absolute Gasteiger partial charge is 0.416 e. The Kier molecular flexibility index (Phi) is 7.76. The monoisotopic (exact) mass is 413 g/mol. The summed E-state index contributed by atoms with van der Waals surface area (Å²) in [5.74, 6) is -0.772. The van der Waals surface area contributed by atoms with E-state index >= 15 is 0 Å². The molecular weight excluding hydrogens is 389 g/mol. The molecule has 2 N–H and O–H groups in total. The number of hydrogen-bond acceptors (Lipinski definition) is 5. The molecule has 0 saturated carbocycles. The molecule has 0 saturated heterocycles. The van der Waals surface area contributed by atoms with Crippen LogP contribution in [0.2, 0.25) is 0 Å². The summed E-state index contributed by atoms with van der Waals surface area (Å²) in [6, 6.07) is 12.0. The average Bonchev–Trinajstić information content (AvgIpc) is 2.71. The second kappa shape index (κ2) is 10.3. The number of carbonyl (C=O) groups excluding carboxylic acids is 2. The fraction of sp³-hybridized carbons (Fsp3) is 0.318. The third-order valence-corrected chi connectivity index (χ3v) is 4.40. The summed E-state index contributed by atoms with van der Waals surface area (Å²) in [6.45, 7) is 5.29. The van der Waals surface area contributed by atoms with Crippen molar-refractivity contribution in [1.29, 1.82) is 5.26 Å². The first-order valence-corrected chi connectivity index (χ1v) is 9.41. The molecule has 0 radical (unpaired) electrons. The molecule has 2 amide bonds. The highest BCUT2D eigenvalue weighted by Gasteiger charge is 2.36. The van der Waals surface area contributed by atoms with E-state index in [4.69, 9.17) is 20.5 Å². The van der Waals surface area contributed by atoms with E-state index in [0.29, 0.717) is 11.3 Å². The molecule has 0 aliphatic rings. The van der Waals surface area contributed by atoms with E-state index in [1.165, 1.54) is 29.2 Å². The summed E-state index contributed by atoms with van der Waals surface area (Å²) in [5.41, 5.74) is 6.05. The maximum atomic E-state index is 13.1. The number of ether oxygens (including phenoxy) is 2. The number of nitriles is 1. The zero-order valence-corrected chi connectivity index (χ0v) is 17.0. The van der Waals surface area contributed by atoms with Crippen molar-refractivity contribution in [2.45, 2.75) is 32.9 Å². The number of hydrogen-bond donors (Lipinski definition) is 1. The third-order valence-electron chi connectivity index (χ3n) is 4.40. The van der Waals surface area contributed by atoms with Crippen molar-refractivity contribution < 1.29 is 23.5 Å². The minimum atomic E-state index is -0.933. The molecule has 0 bridgehead atoms. The van der Waals surface area contributed by atoms with Gasteiger partial charge >= 0.3 is 6.09 Å². The molecule has 2 aromatic carbocycles. The van der Waals surface area contributed by atoms with E-state index in [-0.39, 0.29) is 18.3 Å². The molecular formula is C22H24FN3O4. The van der Waals surface area contributed by atoms with Crippen LogP contribution in [0.5, 0.6) is 11.5 Å². The van der Waals surface area contributed by atoms with Gasteiger partial charge in [0.25, 0.3) is 0 Å². The van der Waals surface area contributed by atoms with Crippen molar-refractivity contribution in [1.82, 2.24) is 4.90 Å². The number of amides is 2. The van der Waals surface area contributed by atoms with Gasteiger partial charge in [-0.2, -0.15) is 5.26 Å². The van der Waals surface area contributed by atoms with Gasteiger partial charge in [0.2, 0.25) is 5.91 Å². The second-order valence-corrected chi connectivity index (χ2v) is 7.12. The molecule has 0 aliphatic carbocycles. The van der Waals surface area contributed by atoms with Crippen molar-refractivity contribution in [3.8, 4) is 17.6 Å². The molecule has 0 spiro atoms. The summed E-state index contributed by atoms with van der Waals surface area (Å²) in [4.78, 5) is 26.2. The van der Waals surface area contributed by atoms with Gasteiger partial charge < -0.3 is 15.2 Å². The molecule has 2 aromatic rings. The third kappa shape index (κ3) is 5.95. The van der Waals surface area contributed by atoms with Crippen LogP contribution < -0.4 is 15.2 Å². The van der Waals surface area contributed by atoms with Crippen molar-refractivity contribution in [2.24, 2.45) is 11.7 Å². The zero-order valence-electron chi connectivity index (χ0n) is 17.0. The van der Waals surface area contributed by atoms with Crippen LogP contribution in [0, 0.1) is 23.1 Å². The number of carbonyl (C=O) groups is 2. The number of rotatable bonds is 8. The van der Waals surface area contributed by atoms with Gasteiger partial charge in [-0.1, -0.05) is 13.8 Å². The molecule has 8 heteroatoms. The topological polar surface area (TPSA) is 106 Å². The predicted molar refractivity (Wildman–Crippen MR) is 108 cm³/mol. The van der Waals surface area contributed by atoms with Gasteiger partial charge in [0.15, 0.2) is 0 Å². The molecule has 0 aliphatic heterocycles. The van der Waals surface area contributed by atoms with Gasteiger partial charge in [0.1, 0.15) is 30.0 Å². The highest BCUT2D eigenvalue weighted by Crippen LogP contribution is 2.20. The lowest BCUT2D eigenvalue weighted by molar-refractivity contribution is -0.125. The first-order valence-electron chi connectivity index (χ1n) is 9.41. The van der Waals surface area contributed by atoms with Gasteiger partial charge in [0, 0.05) is 0 Å². The lowest BCUT2D eigenvalue weighted by Crippen LogP contribution is -2.56. The molecule has 158 valence electrons. The van der Waals surface area contributed by atoms with Crippen LogP contribution in [0.3, 0.4) is 0 Å². The van der Waals surface area contributed by atoms with Crippen LogP contribution in [0.4, 0.5) is 9.18 Å². The molecule has 2 atom stereocenters. The number of benzene rings is 2. The van der Waals surface area contributed by atoms with Crippen LogP contribution in [-0.4, -0.2) is 35.6 Å². The van der Waals surface area contributed by atoms with Crippen LogP contribution in [0.25, 0.3) is 0 Å². The summed E-state index contributed by atoms with van der Waals surface area (Å²) in [5, 5.41) is 8.87. The predicted octanol–water partition coefficient (Wildman–Crippen LogP) is 3.48. The molecule has 7 nitrogen and oxygen atoms in total. The maximum absolute atomic E-state index is 13.1. The molecule has 30 heavy (non-hydrogen) atoms. The summed E-state index contributed by atoms with van der Waals surface area (Å²) >= 11 is 0. The van der Waals surface area contributed by atoms with Crippen LogP contribution in [0.1, 0.15) is 26.3 Å². The average molecular weight is 413 g/mol. The van der Waals surface area contributed by atoms with Crippen molar-refractivity contribution in [2.75, 3.05) is 6.61 Å². The Hall–Kier alpha value is -3.60. The standard InChI is InChI=1S/C22H24FN3O4/c1-14(2)20(21(25)27)26(22(28)30-19-10-6-17(23)7-11-19)15(3)13-29-18-8-4-16(12-24)5-9-18/h4-11,14-15,20H,13H2,1-3H3,(H2,25,27)/t15?,20-/m0/s1.